The molecule has 1 saturated heterocycles. The molecular weight excluding hydrogens is 354 g/mol. The van der Waals surface area contributed by atoms with E-state index in [0.717, 1.165) is 35.9 Å². The Labute approximate surface area is 165 Å². The number of ether oxygens (including phenoxy) is 1. The Morgan fingerprint density at radius 2 is 1.64 bits per heavy atom. The zero-order chi connectivity index (χ0) is 19.3. The molecule has 0 bridgehead atoms. The first kappa shape index (κ1) is 18.5. The van der Waals surface area contributed by atoms with E-state index in [0.29, 0.717) is 25.7 Å². The number of carbonyl (C=O) groups excluding carboxylic acids is 1. The summed E-state index contributed by atoms with van der Waals surface area (Å²) in [6.07, 6.45) is 3.91. The number of piperidine rings is 1. The lowest BCUT2D eigenvalue weighted by molar-refractivity contribution is 0.0983. The Morgan fingerprint density at radius 3 is 2.21 bits per heavy atom. The summed E-state index contributed by atoms with van der Waals surface area (Å²) >= 11 is 0. The first-order chi connectivity index (χ1) is 13.7. The molecule has 1 saturated carbocycles. The maximum atomic E-state index is 11.9. The Morgan fingerprint density at radius 1 is 1.04 bits per heavy atom. The van der Waals surface area contributed by atoms with Gasteiger partial charge in [-0.3, -0.25) is 0 Å². The van der Waals surface area contributed by atoms with Crippen molar-refractivity contribution in [1.82, 2.24) is 14.9 Å². The summed E-state index contributed by atoms with van der Waals surface area (Å²) < 4.78 is 5.10. The van der Waals surface area contributed by atoms with E-state index in [1.807, 2.05) is 43.3 Å². The van der Waals surface area contributed by atoms with Gasteiger partial charge >= 0.3 is 6.09 Å². The lowest BCUT2D eigenvalue weighted by atomic mass is 10.1. The highest BCUT2D eigenvalue weighted by Gasteiger charge is 2.25. The molecule has 0 atom stereocenters. The van der Waals surface area contributed by atoms with E-state index in [-0.39, 0.29) is 12.1 Å². The number of carbonyl (C=O) groups is 1. The second-order valence-electron chi connectivity index (χ2n) is 7.35. The Hall–Kier alpha value is -2.83. The summed E-state index contributed by atoms with van der Waals surface area (Å²) in [6.45, 7) is 3.64. The van der Waals surface area contributed by atoms with Crippen molar-refractivity contribution >= 4 is 17.7 Å². The molecule has 1 aromatic carbocycles. The molecule has 148 valence electrons. The molecule has 28 heavy (non-hydrogen) atoms. The van der Waals surface area contributed by atoms with Gasteiger partial charge in [-0.2, -0.15) is 0 Å². The number of likely N-dealkylation sites (tertiary alicyclic amines) is 1. The third-order valence-electron chi connectivity index (χ3n) is 5.06. The number of benzene rings is 1. The minimum absolute atomic E-state index is 0.217. The molecule has 0 unspecified atom stereocenters. The molecule has 4 rings (SSSR count). The zero-order valence-electron chi connectivity index (χ0n) is 16.2. The normalized spacial score (nSPS) is 17.2. The number of amides is 1. The van der Waals surface area contributed by atoms with E-state index in [1.165, 1.54) is 12.8 Å². The smallest absolute Gasteiger partial charge is 0.409 e. The molecule has 1 aromatic heterocycles. The summed E-state index contributed by atoms with van der Waals surface area (Å²) in [7, 11) is 0. The van der Waals surface area contributed by atoms with Crippen molar-refractivity contribution in [2.45, 2.75) is 44.7 Å². The molecule has 1 aliphatic carbocycles. The predicted octanol–water partition coefficient (Wildman–Crippen LogP) is 3.75. The molecule has 2 N–H and O–H groups in total. The van der Waals surface area contributed by atoms with Crippen LogP contribution in [-0.2, 0) is 4.74 Å². The minimum atomic E-state index is -0.217. The van der Waals surface area contributed by atoms with Crippen LogP contribution in [-0.4, -0.2) is 52.7 Å². The van der Waals surface area contributed by atoms with Crippen LogP contribution in [0, 0.1) is 0 Å². The molecule has 7 heteroatoms. The number of rotatable bonds is 6. The lowest BCUT2D eigenvalue weighted by Crippen LogP contribution is -2.42. The fourth-order valence-corrected chi connectivity index (χ4v) is 3.38. The number of hydrogen-bond donors (Lipinski definition) is 2. The van der Waals surface area contributed by atoms with Crippen LogP contribution in [0.3, 0.4) is 0 Å². The Balaban J connectivity index is 1.45. The van der Waals surface area contributed by atoms with E-state index in [1.54, 1.807) is 4.90 Å². The van der Waals surface area contributed by atoms with E-state index in [9.17, 15) is 4.79 Å². The van der Waals surface area contributed by atoms with Gasteiger partial charge in [0.15, 0.2) is 5.82 Å². The highest BCUT2D eigenvalue weighted by Crippen LogP contribution is 2.27. The average Bonchev–Trinajstić information content (AvgIpc) is 3.53. The number of anilines is 2. The van der Waals surface area contributed by atoms with E-state index in [4.69, 9.17) is 14.7 Å². The van der Waals surface area contributed by atoms with Gasteiger partial charge in [-0.15, -0.1) is 0 Å². The van der Waals surface area contributed by atoms with Crippen molar-refractivity contribution < 1.29 is 9.53 Å². The van der Waals surface area contributed by atoms with Gasteiger partial charge in [0.1, 0.15) is 11.6 Å². The van der Waals surface area contributed by atoms with Gasteiger partial charge in [-0.05, 0) is 32.6 Å². The Kier molecular flexibility index (Phi) is 5.60. The van der Waals surface area contributed by atoms with Gasteiger partial charge < -0.3 is 20.3 Å². The van der Waals surface area contributed by atoms with Gasteiger partial charge in [0.2, 0.25) is 0 Å². The van der Waals surface area contributed by atoms with Gasteiger partial charge in [-0.1, -0.05) is 30.3 Å². The van der Waals surface area contributed by atoms with Crippen molar-refractivity contribution in [1.29, 1.82) is 0 Å². The third-order valence-corrected chi connectivity index (χ3v) is 5.06. The number of nitrogens with zero attached hydrogens (tertiary/aromatic N) is 3. The molecule has 2 aliphatic rings. The molecule has 1 amide bonds. The maximum Gasteiger partial charge on any atom is 0.409 e. The van der Waals surface area contributed by atoms with Gasteiger partial charge in [0, 0.05) is 36.8 Å². The first-order valence-corrected chi connectivity index (χ1v) is 10.1. The average molecular weight is 381 g/mol. The molecule has 0 radical (unpaired) electrons. The molecule has 0 spiro atoms. The molecule has 2 fully saturated rings. The van der Waals surface area contributed by atoms with Crippen LogP contribution >= 0.6 is 0 Å². The van der Waals surface area contributed by atoms with Crippen molar-refractivity contribution in [3.05, 3.63) is 36.4 Å². The fourth-order valence-electron chi connectivity index (χ4n) is 3.38. The number of nitrogens with one attached hydrogen (secondary N) is 2. The standard InChI is InChI=1S/C21H27N5O2/c1-2-28-21(27)26-12-10-17(11-13-26)23-19-14-18(22-16-8-9-16)24-20(25-19)15-6-4-3-5-7-15/h3-7,14,16-17H,2,8-13H2,1H3,(H2,22,23,24,25). The van der Waals surface area contributed by atoms with Crippen molar-refractivity contribution in [2.75, 3.05) is 30.3 Å². The Bertz CT molecular complexity index is 802. The van der Waals surface area contributed by atoms with Crippen LogP contribution in [0.1, 0.15) is 32.6 Å². The second-order valence-corrected chi connectivity index (χ2v) is 7.35. The molecule has 7 nitrogen and oxygen atoms in total. The number of aromatic nitrogens is 2. The van der Waals surface area contributed by atoms with Gasteiger partial charge in [-0.25, -0.2) is 14.8 Å². The van der Waals surface area contributed by atoms with Crippen LogP contribution in [0.4, 0.5) is 16.4 Å². The third kappa shape index (κ3) is 4.71. The van der Waals surface area contributed by atoms with E-state index >= 15 is 0 Å². The van der Waals surface area contributed by atoms with Crippen molar-refractivity contribution in [2.24, 2.45) is 0 Å². The largest absolute Gasteiger partial charge is 0.450 e. The molecular formula is C21H27N5O2. The molecule has 2 aromatic rings. The summed E-state index contributed by atoms with van der Waals surface area (Å²) in [4.78, 5) is 23.1. The highest BCUT2D eigenvalue weighted by atomic mass is 16.6. The number of hydrogen-bond acceptors (Lipinski definition) is 6. The topological polar surface area (TPSA) is 79.4 Å². The van der Waals surface area contributed by atoms with Crippen LogP contribution in [0.2, 0.25) is 0 Å². The van der Waals surface area contributed by atoms with Crippen LogP contribution < -0.4 is 10.6 Å². The molecule has 1 aliphatic heterocycles. The van der Waals surface area contributed by atoms with Crippen LogP contribution in [0.25, 0.3) is 11.4 Å². The van der Waals surface area contributed by atoms with Crippen molar-refractivity contribution in [3.63, 3.8) is 0 Å². The van der Waals surface area contributed by atoms with Crippen molar-refractivity contribution in [3.8, 4) is 11.4 Å². The van der Waals surface area contributed by atoms with Gasteiger partial charge in [0.05, 0.1) is 6.61 Å². The summed E-state index contributed by atoms with van der Waals surface area (Å²) in [5.74, 6) is 2.41. The highest BCUT2D eigenvalue weighted by molar-refractivity contribution is 5.67. The van der Waals surface area contributed by atoms with E-state index in [2.05, 4.69) is 10.6 Å². The molecule has 2 heterocycles. The van der Waals surface area contributed by atoms with Gasteiger partial charge in [0.25, 0.3) is 0 Å². The minimum Gasteiger partial charge on any atom is -0.450 e. The monoisotopic (exact) mass is 381 g/mol. The maximum absolute atomic E-state index is 11.9. The van der Waals surface area contributed by atoms with Crippen LogP contribution in [0.15, 0.2) is 36.4 Å². The second kappa shape index (κ2) is 8.46. The first-order valence-electron chi connectivity index (χ1n) is 10.1. The zero-order valence-corrected chi connectivity index (χ0v) is 16.2. The summed E-state index contributed by atoms with van der Waals surface area (Å²) in [5.41, 5.74) is 1.00. The summed E-state index contributed by atoms with van der Waals surface area (Å²) in [5, 5.41) is 7.03. The quantitative estimate of drug-likeness (QED) is 0.793. The predicted molar refractivity (Wildman–Crippen MR) is 109 cm³/mol. The fraction of sp³-hybridized carbons (Fsp3) is 0.476. The summed E-state index contributed by atoms with van der Waals surface area (Å²) in [6, 6.07) is 12.8. The lowest BCUT2D eigenvalue weighted by Gasteiger charge is -2.32. The SMILES string of the molecule is CCOC(=O)N1CCC(Nc2cc(NC3CC3)nc(-c3ccccc3)n2)CC1. The van der Waals surface area contributed by atoms with E-state index < -0.39 is 0 Å². The van der Waals surface area contributed by atoms with Crippen LogP contribution in [0.5, 0.6) is 0 Å².